The van der Waals surface area contributed by atoms with Gasteiger partial charge in [-0.05, 0) is 124 Å². The third-order valence-electron chi connectivity index (χ3n) is 17.3. The summed E-state index contributed by atoms with van der Waals surface area (Å²) in [6.45, 7) is 20.3. The fraction of sp³-hybridized carbons (Fsp3) is 0.410. The molecule has 2 aromatic carbocycles. The Bertz CT molecular complexity index is 3590. The molecule has 4 aromatic heterocycles. The van der Waals surface area contributed by atoms with Gasteiger partial charge in [-0.2, -0.15) is 0 Å². The normalized spacial score (nSPS) is 21.8. The summed E-state index contributed by atoms with van der Waals surface area (Å²) in [6, 6.07) is 19.3. The maximum Gasteiger partial charge on any atom is 0.293 e. The number of carbonyl (C=O) groups is 4. The number of nitrogens with one attached hydrogen (secondary N) is 2. The highest BCUT2D eigenvalue weighted by atomic mass is 16.5. The molecule has 20 heteroatoms. The zero-order valence-electron chi connectivity index (χ0n) is 46.8. The molecule has 3 fully saturated rings. The van der Waals surface area contributed by atoms with Crippen molar-refractivity contribution in [2.24, 2.45) is 12.5 Å². The topological polar surface area (TPSA) is 207 Å². The number of carbonyl (C=O) groups excluding carboxylic acids is 4. The first-order valence-electron chi connectivity index (χ1n) is 28.1. The minimum atomic E-state index is -0.421. The van der Waals surface area contributed by atoms with Gasteiger partial charge in [0.25, 0.3) is 23.3 Å². The fourth-order valence-corrected chi connectivity index (χ4v) is 13.3. The molecule has 9 heterocycles. The van der Waals surface area contributed by atoms with Crippen molar-refractivity contribution in [3.63, 3.8) is 0 Å². The van der Waals surface area contributed by atoms with Crippen LogP contribution >= 0.6 is 0 Å². The van der Waals surface area contributed by atoms with Crippen LogP contribution in [0.5, 0.6) is 0 Å². The molecule has 0 saturated carbocycles. The number of hydrogen-bond donors (Lipinski definition) is 3. The van der Waals surface area contributed by atoms with Crippen LogP contribution in [0.4, 0.5) is 45.9 Å². The lowest BCUT2D eigenvalue weighted by atomic mass is 9.90. The highest BCUT2D eigenvalue weighted by molar-refractivity contribution is 6.34. The summed E-state index contributed by atoms with van der Waals surface area (Å²) in [4.78, 5) is 94.8. The molecule has 4 atom stereocenters. The quantitative estimate of drug-likeness (QED) is 0.0854. The largest absolute Gasteiger partial charge is 0.392 e. The number of aliphatic hydroxyl groups excluding tert-OH is 1. The standard InChI is InChI=1S/C61H69N13O7/c1-8-54(76)65-48-27-40(64-55-60(80)67(7)33-49(66-55)44-15-17-62-56(47(44)34-75)73-22-21-72-51(59(73)79)26-39-29-61(5,6)30-52(39)72)9-13-50(48)70-20-19-68(32-37(70)3)41-16-18-69(36(2)25-41)42-10-12-45-46(28-42)58(78)74(57(45)77)43-11-14-53(63-31-43)71-23-24-81-35-38(71)4/h8-15,17,26-28,31,33,36-38,41,75H,1,16,18-25,29-30,32,34-35H2,2-7H3,(H,64,66)(H,65,76)/t36-,37-,38-,41?/m0/s1. The van der Waals surface area contributed by atoms with E-state index in [2.05, 4.69) is 86.0 Å². The molecule has 4 amide bonds. The molecule has 12 rings (SSSR count). The van der Waals surface area contributed by atoms with Gasteiger partial charge in [-0.1, -0.05) is 20.4 Å². The van der Waals surface area contributed by atoms with Crippen LogP contribution in [0.25, 0.3) is 11.3 Å². The van der Waals surface area contributed by atoms with Crippen LogP contribution in [0.15, 0.2) is 96.7 Å². The molecular weight excluding hydrogens is 1030 g/mol. The van der Waals surface area contributed by atoms with Crippen molar-refractivity contribution in [2.45, 2.75) is 97.6 Å². The van der Waals surface area contributed by atoms with Crippen LogP contribution in [0, 0.1) is 5.41 Å². The number of benzene rings is 2. The second-order valence-electron chi connectivity index (χ2n) is 23.3. The zero-order valence-corrected chi connectivity index (χ0v) is 46.8. The number of morpholine rings is 1. The predicted octanol–water partition coefficient (Wildman–Crippen LogP) is 6.78. The number of aromatic nitrogens is 5. The Kier molecular flexibility index (Phi) is 13.9. The van der Waals surface area contributed by atoms with Crippen molar-refractivity contribution in [2.75, 3.05) is 87.6 Å². The Morgan fingerprint density at radius 1 is 0.827 bits per heavy atom. The highest BCUT2D eigenvalue weighted by Crippen LogP contribution is 2.41. The molecule has 20 nitrogen and oxygen atoms in total. The van der Waals surface area contributed by atoms with Crippen LogP contribution < -0.4 is 40.7 Å². The number of anilines is 8. The summed E-state index contributed by atoms with van der Waals surface area (Å²) in [5.74, 6) is -0.0971. The van der Waals surface area contributed by atoms with Gasteiger partial charge in [0.05, 0.1) is 65.9 Å². The monoisotopic (exact) mass is 1100 g/mol. The molecule has 0 spiro atoms. The summed E-state index contributed by atoms with van der Waals surface area (Å²) in [5, 5.41) is 17.1. The number of amides is 4. The minimum absolute atomic E-state index is 0.0259. The molecule has 3 N–H and O–H groups in total. The van der Waals surface area contributed by atoms with Gasteiger partial charge in [-0.3, -0.25) is 33.8 Å². The lowest BCUT2D eigenvalue weighted by molar-refractivity contribution is -0.111. The van der Waals surface area contributed by atoms with Gasteiger partial charge in [0.1, 0.15) is 17.3 Å². The van der Waals surface area contributed by atoms with Crippen LogP contribution in [0.1, 0.15) is 95.5 Å². The fourth-order valence-electron chi connectivity index (χ4n) is 13.3. The van der Waals surface area contributed by atoms with Crippen LogP contribution in [0.3, 0.4) is 0 Å². The Labute approximate surface area is 470 Å². The summed E-state index contributed by atoms with van der Waals surface area (Å²) in [6.07, 6.45) is 9.68. The zero-order chi connectivity index (χ0) is 56.6. The SMILES string of the molecule is C=CC(=O)Nc1cc(Nc2nc(-c3ccnc(N4CCn5c(cc6c5CC(C)(C)C6)C4=O)c3CO)cn(C)c2=O)ccc1N1CCN(C2CCN(c3ccc4c(c3)C(=O)N(c3ccc(N5CCOC[C@@H]5C)nc3)C4=O)[C@@H](C)C2)C[C@@H]1C. The van der Waals surface area contributed by atoms with Gasteiger partial charge in [-0.25, -0.2) is 19.9 Å². The number of piperidine rings is 1. The van der Waals surface area contributed by atoms with E-state index in [1.54, 1.807) is 54.8 Å². The third-order valence-corrected chi connectivity index (χ3v) is 17.3. The number of piperazine rings is 1. The van der Waals surface area contributed by atoms with E-state index in [-0.39, 0.29) is 53.0 Å². The number of pyridine rings is 2. The van der Waals surface area contributed by atoms with Crippen LogP contribution in [-0.4, -0.2) is 134 Å². The Morgan fingerprint density at radius 3 is 2.40 bits per heavy atom. The van der Waals surface area contributed by atoms with Crippen molar-refractivity contribution in [1.29, 1.82) is 0 Å². The van der Waals surface area contributed by atoms with E-state index >= 15 is 0 Å². The molecule has 81 heavy (non-hydrogen) atoms. The molecule has 0 radical (unpaired) electrons. The number of ether oxygens (including phenoxy) is 1. The van der Waals surface area contributed by atoms with Gasteiger partial charge >= 0.3 is 0 Å². The number of imide groups is 1. The summed E-state index contributed by atoms with van der Waals surface area (Å²) in [7, 11) is 1.63. The summed E-state index contributed by atoms with van der Waals surface area (Å²) >= 11 is 0. The number of nitrogens with zero attached hydrogens (tertiary/aromatic N) is 11. The summed E-state index contributed by atoms with van der Waals surface area (Å²) in [5.41, 5.74) is 8.17. The van der Waals surface area contributed by atoms with Gasteiger partial charge in [0.2, 0.25) is 5.91 Å². The Hall–Kier alpha value is -8.20. The highest BCUT2D eigenvalue weighted by Gasteiger charge is 2.41. The lowest BCUT2D eigenvalue weighted by Crippen LogP contribution is -2.58. The predicted molar refractivity (Wildman–Crippen MR) is 312 cm³/mol. The molecule has 3 saturated heterocycles. The first kappa shape index (κ1) is 53.4. The maximum atomic E-state index is 14.1. The first-order valence-corrected chi connectivity index (χ1v) is 28.1. The second kappa shape index (κ2) is 21.0. The Morgan fingerprint density at radius 2 is 1.64 bits per heavy atom. The van der Waals surface area contributed by atoms with Crippen molar-refractivity contribution < 1.29 is 29.0 Å². The van der Waals surface area contributed by atoms with E-state index in [1.807, 2.05) is 36.4 Å². The molecule has 6 aliphatic rings. The molecule has 1 unspecified atom stereocenters. The minimum Gasteiger partial charge on any atom is -0.392 e. The molecule has 1 aliphatic carbocycles. The van der Waals surface area contributed by atoms with Gasteiger partial charge in [0, 0.05) is 112 Å². The maximum absolute atomic E-state index is 14.1. The van der Waals surface area contributed by atoms with E-state index in [0.717, 1.165) is 69.1 Å². The molecule has 0 bridgehead atoms. The number of rotatable bonds is 12. The van der Waals surface area contributed by atoms with E-state index in [1.165, 1.54) is 26.8 Å². The molecule has 5 aliphatic heterocycles. The number of hydrogen-bond acceptors (Lipinski definition) is 15. The summed E-state index contributed by atoms with van der Waals surface area (Å²) < 4.78 is 9.14. The van der Waals surface area contributed by atoms with E-state index in [0.29, 0.717) is 95.4 Å². The first-order chi connectivity index (χ1) is 39.0. The number of aryl methyl sites for hydroxylation is 1. The van der Waals surface area contributed by atoms with E-state index in [4.69, 9.17) is 9.72 Å². The van der Waals surface area contributed by atoms with Gasteiger partial charge < -0.3 is 44.3 Å². The van der Waals surface area contributed by atoms with Crippen LogP contribution in [-0.2, 0) is 42.6 Å². The Balaban J connectivity index is 0.714. The smallest absolute Gasteiger partial charge is 0.293 e. The van der Waals surface area contributed by atoms with Crippen molar-refractivity contribution in [1.82, 2.24) is 29.0 Å². The van der Waals surface area contributed by atoms with Crippen molar-refractivity contribution >= 4 is 69.5 Å². The van der Waals surface area contributed by atoms with Gasteiger partial charge in [-0.15, -0.1) is 0 Å². The van der Waals surface area contributed by atoms with Crippen molar-refractivity contribution in [3.8, 4) is 11.3 Å². The van der Waals surface area contributed by atoms with Crippen molar-refractivity contribution in [3.05, 3.63) is 136 Å². The average molecular weight is 1100 g/mol. The van der Waals surface area contributed by atoms with E-state index in [9.17, 15) is 29.1 Å². The lowest BCUT2D eigenvalue weighted by Gasteiger charge is -2.48. The molecule has 6 aromatic rings. The van der Waals surface area contributed by atoms with Crippen LogP contribution in [0.2, 0.25) is 0 Å². The van der Waals surface area contributed by atoms with Gasteiger partial charge in [0.15, 0.2) is 5.82 Å². The average Bonchev–Trinajstić information content (AvgIpc) is 4.06. The molecule has 420 valence electrons. The third kappa shape index (κ3) is 9.71. The number of fused-ring (bicyclic) bond motifs is 4. The second-order valence-corrected chi connectivity index (χ2v) is 23.3. The molecular formula is C61H69N13O7. The number of aliphatic hydroxyl groups is 1. The van der Waals surface area contributed by atoms with E-state index < -0.39 is 12.2 Å².